The average molecular weight is 866 g/mol. The molecule has 0 bridgehead atoms. The van der Waals surface area contributed by atoms with Gasteiger partial charge in [0, 0.05) is 6.42 Å². The lowest BCUT2D eigenvalue weighted by atomic mass is 10.0. The van der Waals surface area contributed by atoms with Gasteiger partial charge in [-0.2, -0.15) is 0 Å². The standard InChI is InChI=1S/C56H99NO5/c1-4-7-10-13-16-19-22-24-26-28-30-32-34-37-40-43-46-49-56(61)62-52(47-44-41-38-35-33-31-29-27-25-23-20-17-14-11-8-5-2)50-55(60)57-53(51-58)54(59)48-45-42-39-36-21-18-15-12-9-6-3/h7,10,16,19,24,26,30-33,37,40,52-54,58-59H,4-6,8-9,11-15,17-18,20-23,25,27-29,34-36,38-39,41-51H2,1-3H3,(H,57,60)/b10-7-,19-16-,26-24-,32-30-,33-31+,40-37-. The van der Waals surface area contributed by atoms with Gasteiger partial charge in [-0.1, -0.05) is 216 Å². The Labute approximate surface area is 383 Å². The van der Waals surface area contributed by atoms with E-state index in [4.69, 9.17) is 4.74 Å². The molecule has 0 aliphatic carbocycles. The van der Waals surface area contributed by atoms with Crippen molar-refractivity contribution in [1.29, 1.82) is 0 Å². The summed E-state index contributed by atoms with van der Waals surface area (Å²) in [6, 6.07) is -0.719. The summed E-state index contributed by atoms with van der Waals surface area (Å²) in [7, 11) is 0. The van der Waals surface area contributed by atoms with Crippen molar-refractivity contribution in [3.05, 3.63) is 72.9 Å². The molecular weight excluding hydrogens is 767 g/mol. The van der Waals surface area contributed by atoms with Gasteiger partial charge in [-0.15, -0.1) is 0 Å². The number of hydrogen-bond donors (Lipinski definition) is 3. The predicted octanol–water partition coefficient (Wildman–Crippen LogP) is 15.8. The van der Waals surface area contributed by atoms with Crippen molar-refractivity contribution in [2.75, 3.05) is 6.61 Å². The van der Waals surface area contributed by atoms with E-state index in [9.17, 15) is 19.8 Å². The summed E-state index contributed by atoms with van der Waals surface area (Å²) >= 11 is 0. The highest BCUT2D eigenvalue weighted by Crippen LogP contribution is 2.17. The maximum atomic E-state index is 13.2. The molecule has 0 heterocycles. The summed E-state index contributed by atoms with van der Waals surface area (Å²) in [5, 5.41) is 23.7. The van der Waals surface area contributed by atoms with Gasteiger partial charge in [0.05, 0.1) is 25.2 Å². The van der Waals surface area contributed by atoms with Crippen molar-refractivity contribution >= 4 is 11.9 Å². The Bertz CT molecular complexity index is 1150. The van der Waals surface area contributed by atoms with E-state index in [0.717, 1.165) is 89.9 Å². The Kier molecular flexibility index (Phi) is 47.2. The number of ether oxygens (including phenoxy) is 1. The third kappa shape index (κ3) is 43.9. The van der Waals surface area contributed by atoms with E-state index in [1.807, 2.05) is 0 Å². The average Bonchev–Trinajstić information content (AvgIpc) is 3.26. The second-order valence-corrected chi connectivity index (χ2v) is 17.5. The highest BCUT2D eigenvalue weighted by atomic mass is 16.5. The first-order valence-corrected chi connectivity index (χ1v) is 26.2. The Morgan fingerprint density at radius 2 is 0.871 bits per heavy atom. The van der Waals surface area contributed by atoms with E-state index in [1.165, 1.54) is 103 Å². The molecule has 0 aliphatic heterocycles. The molecule has 0 aromatic carbocycles. The maximum absolute atomic E-state index is 13.2. The minimum atomic E-state index is -0.802. The SMILES string of the molecule is CC/C=C\C/C=C\C/C=C\C/C=C\C/C=C\CCCC(=O)OC(CCCCC/C=C/CCCCCCCCCCC)CC(=O)NC(CO)C(O)CCCCCCCCCCCC. The minimum Gasteiger partial charge on any atom is -0.462 e. The largest absolute Gasteiger partial charge is 0.462 e. The number of unbranched alkanes of at least 4 members (excludes halogenated alkanes) is 22. The predicted molar refractivity (Wildman–Crippen MR) is 268 cm³/mol. The van der Waals surface area contributed by atoms with Crippen LogP contribution in [0.15, 0.2) is 72.9 Å². The zero-order valence-electron chi connectivity index (χ0n) is 40.7. The Morgan fingerprint density at radius 1 is 0.484 bits per heavy atom. The van der Waals surface area contributed by atoms with E-state index in [1.54, 1.807) is 0 Å². The quantitative estimate of drug-likeness (QED) is 0.0322. The lowest BCUT2D eigenvalue weighted by Gasteiger charge is -2.24. The van der Waals surface area contributed by atoms with Crippen molar-refractivity contribution in [1.82, 2.24) is 5.32 Å². The first-order valence-electron chi connectivity index (χ1n) is 26.2. The second-order valence-electron chi connectivity index (χ2n) is 17.5. The maximum Gasteiger partial charge on any atom is 0.306 e. The summed E-state index contributed by atoms with van der Waals surface area (Å²) in [4.78, 5) is 26.1. The Balaban J connectivity index is 4.71. The fourth-order valence-electron chi connectivity index (χ4n) is 7.58. The molecule has 0 spiro atoms. The first kappa shape index (κ1) is 59.3. The van der Waals surface area contributed by atoms with E-state index in [-0.39, 0.29) is 24.9 Å². The fourth-order valence-corrected chi connectivity index (χ4v) is 7.58. The zero-order valence-corrected chi connectivity index (χ0v) is 40.7. The molecule has 0 saturated carbocycles. The number of aliphatic hydroxyl groups is 2. The van der Waals surface area contributed by atoms with Crippen LogP contribution in [0.2, 0.25) is 0 Å². The van der Waals surface area contributed by atoms with Crippen LogP contribution in [0.5, 0.6) is 0 Å². The van der Waals surface area contributed by atoms with Crippen LogP contribution in [0.3, 0.4) is 0 Å². The van der Waals surface area contributed by atoms with E-state index in [2.05, 4.69) is 99.0 Å². The summed E-state index contributed by atoms with van der Waals surface area (Å²) < 4.78 is 5.90. The van der Waals surface area contributed by atoms with Crippen molar-refractivity contribution in [2.45, 2.75) is 264 Å². The molecule has 0 aromatic rings. The van der Waals surface area contributed by atoms with Gasteiger partial charge in [-0.05, 0) is 89.9 Å². The third-order valence-electron chi connectivity index (χ3n) is 11.5. The van der Waals surface area contributed by atoms with Gasteiger partial charge < -0.3 is 20.3 Å². The number of esters is 1. The summed E-state index contributed by atoms with van der Waals surface area (Å²) in [5.74, 6) is -0.559. The number of allylic oxidation sites excluding steroid dienone is 12. The van der Waals surface area contributed by atoms with E-state index >= 15 is 0 Å². The third-order valence-corrected chi connectivity index (χ3v) is 11.5. The molecule has 3 unspecified atom stereocenters. The Hall–Kier alpha value is -2.70. The van der Waals surface area contributed by atoms with E-state index in [0.29, 0.717) is 25.7 Å². The smallest absolute Gasteiger partial charge is 0.306 e. The zero-order chi connectivity index (χ0) is 45.2. The minimum absolute atomic E-state index is 0.0423. The molecule has 0 aliphatic rings. The van der Waals surface area contributed by atoms with Crippen molar-refractivity contribution in [2.24, 2.45) is 0 Å². The van der Waals surface area contributed by atoms with Gasteiger partial charge in [-0.3, -0.25) is 9.59 Å². The number of carbonyl (C=O) groups is 2. The number of amides is 1. The molecule has 0 fully saturated rings. The van der Waals surface area contributed by atoms with Crippen LogP contribution in [-0.2, 0) is 14.3 Å². The number of nitrogens with one attached hydrogen (secondary N) is 1. The van der Waals surface area contributed by atoms with Crippen LogP contribution in [0.4, 0.5) is 0 Å². The van der Waals surface area contributed by atoms with Crippen LogP contribution in [-0.4, -0.2) is 46.9 Å². The second kappa shape index (κ2) is 49.3. The highest BCUT2D eigenvalue weighted by molar-refractivity contribution is 5.77. The van der Waals surface area contributed by atoms with Gasteiger partial charge >= 0.3 is 5.97 Å². The van der Waals surface area contributed by atoms with Crippen LogP contribution in [0, 0.1) is 0 Å². The lowest BCUT2D eigenvalue weighted by molar-refractivity contribution is -0.151. The molecule has 0 saturated heterocycles. The van der Waals surface area contributed by atoms with Gasteiger partial charge in [-0.25, -0.2) is 0 Å². The lowest BCUT2D eigenvalue weighted by Crippen LogP contribution is -2.46. The molecule has 0 aromatic heterocycles. The van der Waals surface area contributed by atoms with E-state index < -0.39 is 18.2 Å². The van der Waals surface area contributed by atoms with Crippen LogP contribution >= 0.6 is 0 Å². The molecule has 0 radical (unpaired) electrons. The molecular formula is C56H99NO5. The molecule has 62 heavy (non-hydrogen) atoms. The molecule has 358 valence electrons. The molecule has 0 rings (SSSR count). The van der Waals surface area contributed by atoms with Gasteiger partial charge in [0.1, 0.15) is 6.10 Å². The summed E-state index contributed by atoms with van der Waals surface area (Å²) in [5.41, 5.74) is 0. The van der Waals surface area contributed by atoms with Crippen LogP contribution in [0.1, 0.15) is 245 Å². The molecule has 6 heteroatoms. The number of rotatable bonds is 46. The Morgan fingerprint density at radius 3 is 1.35 bits per heavy atom. The van der Waals surface area contributed by atoms with Gasteiger partial charge in [0.25, 0.3) is 0 Å². The summed E-state index contributed by atoms with van der Waals surface area (Å²) in [6.45, 7) is 6.34. The van der Waals surface area contributed by atoms with Gasteiger partial charge in [0.2, 0.25) is 5.91 Å². The molecule has 6 nitrogen and oxygen atoms in total. The molecule has 1 amide bonds. The topological polar surface area (TPSA) is 95.9 Å². The highest BCUT2D eigenvalue weighted by Gasteiger charge is 2.24. The fraction of sp³-hybridized carbons (Fsp3) is 0.750. The van der Waals surface area contributed by atoms with Crippen molar-refractivity contribution in [3.8, 4) is 0 Å². The normalized spacial score (nSPS) is 13.8. The van der Waals surface area contributed by atoms with Crippen LogP contribution < -0.4 is 5.32 Å². The molecule has 3 atom stereocenters. The van der Waals surface area contributed by atoms with Crippen LogP contribution in [0.25, 0.3) is 0 Å². The number of aliphatic hydroxyl groups excluding tert-OH is 2. The van der Waals surface area contributed by atoms with Crippen molar-refractivity contribution in [3.63, 3.8) is 0 Å². The molecule has 3 N–H and O–H groups in total. The monoisotopic (exact) mass is 866 g/mol. The number of hydrogen-bond acceptors (Lipinski definition) is 5. The number of carbonyl (C=O) groups excluding carboxylic acids is 2. The van der Waals surface area contributed by atoms with Crippen molar-refractivity contribution < 1.29 is 24.5 Å². The van der Waals surface area contributed by atoms with Gasteiger partial charge in [0.15, 0.2) is 0 Å². The first-order chi connectivity index (χ1) is 30.5. The summed E-state index contributed by atoms with van der Waals surface area (Å²) in [6.07, 6.45) is 62.5.